The van der Waals surface area contributed by atoms with E-state index in [0.29, 0.717) is 24.0 Å². The molecule has 1 aliphatic rings. The van der Waals surface area contributed by atoms with Gasteiger partial charge in [0.1, 0.15) is 28.4 Å². The molecule has 0 spiro atoms. The number of amides is 2. The van der Waals surface area contributed by atoms with Gasteiger partial charge >= 0.3 is 6.18 Å². The number of nitrogens with zero attached hydrogens (tertiary/aromatic N) is 1. The van der Waals surface area contributed by atoms with E-state index in [1.165, 1.54) is 37.6 Å². The molecule has 0 bridgehead atoms. The van der Waals surface area contributed by atoms with Crippen LogP contribution >= 0.6 is 0 Å². The van der Waals surface area contributed by atoms with Crippen LogP contribution in [-0.2, 0) is 17.5 Å². The summed E-state index contributed by atoms with van der Waals surface area (Å²) in [4.78, 5) is 28.9. The molecular formula is C25H22F3N3O4. The maximum atomic E-state index is 13.4. The first-order valence-electron chi connectivity index (χ1n) is 10.7. The number of benzene rings is 2. The van der Waals surface area contributed by atoms with Gasteiger partial charge < -0.3 is 20.1 Å². The SMILES string of the molecule is COc1ccc(Oc2ccc(CNC(=O)C3(NC(=O)c4cccnc4)CC3)cc2)c(C(F)(F)F)c1. The number of hydrogen-bond donors (Lipinski definition) is 2. The quantitative estimate of drug-likeness (QED) is 0.491. The molecule has 1 saturated carbocycles. The fourth-order valence-corrected chi connectivity index (χ4v) is 3.42. The first-order valence-corrected chi connectivity index (χ1v) is 10.7. The van der Waals surface area contributed by atoms with E-state index in [-0.39, 0.29) is 35.6 Å². The lowest BCUT2D eigenvalue weighted by molar-refractivity contribution is -0.138. The molecule has 4 rings (SSSR count). The Morgan fingerprint density at radius 3 is 2.37 bits per heavy atom. The number of ether oxygens (including phenoxy) is 2. The van der Waals surface area contributed by atoms with Crippen LogP contribution in [0.4, 0.5) is 13.2 Å². The Labute approximate surface area is 199 Å². The van der Waals surface area contributed by atoms with Gasteiger partial charge in [0.05, 0.1) is 12.7 Å². The van der Waals surface area contributed by atoms with Crippen molar-refractivity contribution in [2.24, 2.45) is 0 Å². The first kappa shape index (κ1) is 24.1. The van der Waals surface area contributed by atoms with Gasteiger partial charge in [-0.2, -0.15) is 13.2 Å². The number of carbonyl (C=O) groups excluding carboxylic acids is 2. The van der Waals surface area contributed by atoms with Crippen LogP contribution in [0.15, 0.2) is 67.0 Å². The molecule has 1 aromatic heterocycles. The Hall–Kier alpha value is -4.08. The van der Waals surface area contributed by atoms with Gasteiger partial charge in [0.25, 0.3) is 5.91 Å². The summed E-state index contributed by atoms with van der Waals surface area (Å²) in [5, 5.41) is 5.57. The second kappa shape index (κ2) is 9.65. The molecule has 35 heavy (non-hydrogen) atoms. The number of aromatic nitrogens is 1. The van der Waals surface area contributed by atoms with E-state index in [0.717, 1.165) is 6.07 Å². The highest BCUT2D eigenvalue weighted by atomic mass is 19.4. The predicted molar refractivity (Wildman–Crippen MR) is 120 cm³/mol. The Bertz CT molecular complexity index is 1210. The summed E-state index contributed by atoms with van der Waals surface area (Å²) in [7, 11) is 1.28. The number of pyridine rings is 1. The molecule has 2 N–H and O–H groups in total. The lowest BCUT2D eigenvalue weighted by Crippen LogP contribution is -2.48. The number of alkyl halides is 3. The van der Waals surface area contributed by atoms with Crippen molar-refractivity contribution in [2.75, 3.05) is 7.11 Å². The van der Waals surface area contributed by atoms with E-state index >= 15 is 0 Å². The van der Waals surface area contributed by atoms with Crippen LogP contribution in [0, 0.1) is 0 Å². The molecule has 0 unspecified atom stereocenters. The molecule has 2 amide bonds. The van der Waals surface area contributed by atoms with Crippen LogP contribution in [0.2, 0.25) is 0 Å². The van der Waals surface area contributed by atoms with Crippen molar-refractivity contribution in [3.8, 4) is 17.2 Å². The van der Waals surface area contributed by atoms with Gasteiger partial charge in [-0.1, -0.05) is 12.1 Å². The number of methoxy groups -OCH3 is 1. The highest BCUT2D eigenvalue weighted by molar-refractivity contribution is 6.00. The third kappa shape index (κ3) is 5.71. The lowest BCUT2D eigenvalue weighted by Gasteiger charge is -2.17. The standard InChI is InChI=1S/C25H22F3N3O4/c1-34-19-8-9-21(20(13-19)25(26,27)28)35-18-6-4-16(5-7-18)14-30-23(33)24(10-11-24)31-22(32)17-3-2-12-29-15-17/h2-9,12-13,15H,10-11,14H2,1H3,(H,30,33)(H,31,32). The second-order valence-electron chi connectivity index (χ2n) is 8.07. The summed E-state index contributed by atoms with van der Waals surface area (Å²) in [5.74, 6) is -0.745. The van der Waals surface area contributed by atoms with Crippen LogP contribution in [0.25, 0.3) is 0 Å². The minimum absolute atomic E-state index is 0.0702. The van der Waals surface area contributed by atoms with Gasteiger partial charge in [0.15, 0.2) is 0 Å². The number of halogens is 3. The zero-order valence-electron chi connectivity index (χ0n) is 18.7. The Balaban J connectivity index is 1.36. The molecule has 0 radical (unpaired) electrons. The highest BCUT2D eigenvalue weighted by Crippen LogP contribution is 2.40. The van der Waals surface area contributed by atoms with E-state index in [4.69, 9.17) is 9.47 Å². The molecule has 0 atom stereocenters. The smallest absolute Gasteiger partial charge is 0.420 e. The van der Waals surface area contributed by atoms with Crippen LogP contribution in [-0.4, -0.2) is 29.4 Å². The van der Waals surface area contributed by atoms with Gasteiger partial charge in [-0.25, -0.2) is 0 Å². The van der Waals surface area contributed by atoms with Gasteiger partial charge in [-0.3, -0.25) is 14.6 Å². The summed E-state index contributed by atoms with van der Waals surface area (Å²) in [6.07, 6.45) is -0.573. The summed E-state index contributed by atoms with van der Waals surface area (Å²) >= 11 is 0. The molecule has 10 heteroatoms. The number of carbonyl (C=O) groups is 2. The van der Waals surface area contributed by atoms with Crippen molar-refractivity contribution in [1.29, 1.82) is 0 Å². The Morgan fingerprint density at radius 1 is 1.06 bits per heavy atom. The molecule has 1 fully saturated rings. The van der Waals surface area contributed by atoms with Gasteiger partial charge in [-0.15, -0.1) is 0 Å². The van der Waals surface area contributed by atoms with E-state index in [1.54, 1.807) is 30.5 Å². The van der Waals surface area contributed by atoms with Crippen molar-refractivity contribution in [3.63, 3.8) is 0 Å². The monoisotopic (exact) mass is 485 g/mol. The number of rotatable bonds is 8. The van der Waals surface area contributed by atoms with Crippen molar-refractivity contribution in [2.45, 2.75) is 31.1 Å². The van der Waals surface area contributed by atoms with Crippen LogP contribution in [0.3, 0.4) is 0 Å². The molecule has 1 heterocycles. The highest BCUT2D eigenvalue weighted by Gasteiger charge is 2.51. The minimum atomic E-state index is -4.61. The molecule has 0 aliphatic heterocycles. The van der Waals surface area contributed by atoms with E-state index in [2.05, 4.69) is 15.6 Å². The maximum absolute atomic E-state index is 13.4. The van der Waals surface area contributed by atoms with Crippen LogP contribution in [0.1, 0.15) is 34.3 Å². The molecule has 3 aromatic rings. The number of hydrogen-bond acceptors (Lipinski definition) is 5. The van der Waals surface area contributed by atoms with Crippen molar-refractivity contribution in [1.82, 2.24) is 15.6 Å². The van der Waals surface area contributed by atoms with E-state index < -0.39 is 17.3 Å². The summed E-state index contributed by atoms with van der Waals surface area (Å²) in [5.41, 5.74) is -0.812. The zero-order valence-corrected chi connectivity index (χ0v) is 18.7. The fourth-order valence-electron chi connectivity index (χ4n) is 3.42. The molecule has 7 nitrogen and oxygen atoms in total. The molecule has 1 aliphatic carbocycles. The normalized spacial score (nSPS) is 14.1. The van der Waals surface area contributed by atoms with Gasteiger partial charge in [-0.05, 0) is 60.9 Å². The van der Waals surface area contributed by atoms with Gasteiger partial charge in [0.2, 0.25) is 5.91 Å². The molecule has 182 valence electrons. The average molecular weight is 485 g/mol. The third-order valence-electron chi connectivity index (χ3n) is 5.56. The summed E-state index contributed by atoms with van der Waals surface area (Å²) in [6.45, 7) is 0.181. The van der Waals surface area contributed by atoms with Crippen molar-refractivity contribution in [3.05, 3.63) is 83.7 Å². The zero-order chi connectivity index (χ0) is 25.1. The topological polar surface area (TPSA) is 89.5 Å². The van der Waals surface area contributed by atoms with Crippen LogP contribution < -0.4 is 20.1 Å². The average Bonchev–Trinajstić information content (AvgIpc) is 3.64. The summed E-state index contributed by atoms with van der Waals surface area (Å²) in [6, 6.07) is 13.0. The van der Waals surface area contributed by atoms with E-state index in [9.17, 15) is 22.8 Å². The fraction of sp³-hybridized carbons (Fsp3) is 0.240. The maximum Gasteiger partial charge on any atom is 0.420 e. The lowest BCUT2D eigenvalue weighted by atomic mass is 10.1. The Morgan fingerprint density at radius 2 is 1.77 bits per heavy atom. The number of nitrogens with one attached hydrogen (secondary N) is 2. The second-order valence-corrected chi connectivity index (χ2v) is 8.07. The largest absolute Gasteiger partial charge is 0.497 e. The first-order chi connectivity index (χ1) is 16.7. The van der Waals surface area contributed by atoms with Gasteiger partial charge in [0, 0.05) is 18.9 Å². The van der Waals surface area contributed by atoms with Crippen LogP contribution in [0.5, 0.6) is 17.2 Å². The van der Waals surface area contributed by atoms with E-state index in [1.807, 2.05) is 0 Å². The molecular weight excluding hydrogens is 463 g/mol. The van der Waals surface area contributed by atoms with Crippen molar-refractivity contribution >= 4 is 11.8 Å². The minimum Gasteiger partial charge on any atom is -0.497 e. The van der Waals surface area contributed by atoms with Crippen molar-refractivity contribution < 1.29 is 32.2 Å². The predicted octanol–water partition coefficient (Wildman–Crippen LogP) is 4.48. The summed E-state index contributed by atoms with van der Waals surface area (Å²) < 4.78 is 50.5. The molecule has 2 aromatic carbocycles. The third-order valence-corrected chi connectivity index (χ3v) is 5.56. The molecule has 0 saturated heterocycles. The Kier molecular flexibility index (Phi) is 6.63.